The number of carbonyl (C=O) groups excluding carboxylic acids is 4. The van der Waals surface area contributed by atoms with E-state index in [0.29, 0.717) is 48.0 Å². The first-order chi connectivity index (χ1) is 25.8. The molecule has 2 saturated carbocycles. The van der Waals surface area contributed by atoms with Gasteiger partial charge in [-0.2, -0.15) is 0 Å². The van der Waals surface area contributed by atoms with Gasteiger partial charge in [-0.15, -0.1) is 0 Å². The quantitative estimate of drug-likeness (QED) is 0.254. The van der Waals surface area contributed by atoms with E-state index in [0.717, 1.165) is 6.42 Å². The number of fused-ring (bicyclic) bond motifs is 3. The Kier molecular flexibility index (Phi) is 11.1. The predicted octanol–water partition coefficient (Wildman–Crippen LogP) is 5.02. The molecule has 2 aliphatic heterocycles. The molecule has 16 heteroatoms. The van der Waals surface area contributed by atoms with Crippen LogP contribution in [-0.4, -0.2) is 89.8 Å². The Hall–Kier alpha value is -4.11. The molecule has 4 aliphatic rings. The second-order valence-electron chi connectivity index (χ2n) is 16.9. The highest BCUT2D eigenvalue weighted by Gasteiger charge is 2.63. The summed E-state index contributed by atoms with van der Waals surface area (Å²) < 4.78 is 45.1. The van der Waals surface area contributed by atoms with E-state index in [9.17, 15) is 27.6 Å². The van der Waals surface area contributed by atoms with Crippen LogP contribution in [0.3, 0.4) is 0 Å². The lowest BCUT2D eigenvalue weighted by Crippen LogP contribution is -2.59. The summed E-state index contributed by atoms with van der Waals surface area (Å²) in [5.74, 6) is -1.73. The number of sulfonamides is 1. The summed E-state index contributed by atoms with van der Waals surface area (Å²) >= 11 is 6.42. The molecule has 1 aromatic heterocycles. The van der Waals surface area contributed by atoms with Crippen LogP contribution in [0.4, 0.5) is 4.79 Å². The van der Waals surface area contributed by atoms with Crippen LogP contribution in [-0.2, 0) is 29.1 Å². The number of halogens is 1. The molecule has 3 N–H and O–H groups in total. The lowest BCUT2D eigenvalue weighted by Gasteiger charge is -2.33. The highest BCUT2D eigenvalue weighted by molar-refractivity contribution is 7.91. The Morgan fingerprint density at radius 3 is 2.51 bits per heavy atom. The number of aromatic nitrogens is 1. The maximum atomic E-state index is 14.8. The Labute approximate surface area is 327 Å². The van der Waals surface area contributed by atoms with E-state index in [1.807, 2.05) is 19.1 Å². The molecule has 14 nitrogen and oxygen atoms in total. The van der Waals surface area contributed by atoms with E-state index in [1.54, 1.807) is 45.9 Å². The second-order valence-corrected chi connectivity index (χ2v) is 19.5. The van der Waals surface area contributed by atoms with Gasteiger partial charge in [0.2, 0.25) is 21.8 Å². The van der Waals surface area contributed by atoms with Gasteiger partial charge in [-0.05, 0) is 96.3 Å². The third-order valence-electron chi connectivity index (χ3n) is 11.2. The number of pyridine rings is 1. The van der Waals surface area contributed by atoms with Gasteiger partial charge in [0.25, 0.3) is 5.91 Å². The molecule has 0 bridgehead atoms. The molecule has 300 valence electrons. The highest BCUT2D eigenvalue weighted by Crippen LogP contribution is 2.48. The zero-order chi connectivity index (χ0) is 40.1. The number of carbonyl (C=O) groups is 4. The maximum Gasteiger partial charge on any atom is 0.408 e. The number of rotatable bonds is 7. The SMILES string of the molecule is COc1ccc2c(Cl)ncc(OC3CC4C(=O)NC5(C(=O)NS(=O)(=O)C6(C)CC6)CC5C=CCCC(C)CC(C)C(NC(=O)OC(C)(C)C)C(=O)N4C3)c2c1. The summed E-state index contributed by atoms with van der Waals surface area (Å²) in [6.45, 7) is 10.7. The normalized spacial score (nSPS) is 29.5. The van der Waals surface area contributed by atoms with E-state index in [2.05, 4.69) is 27.3 Å². The van der Waals surface area contributed by atoms with Gasteiger partial charge in [0.1, 0.15) is 46.0 Å². The van der Waals surface area contributed by atoms with Gasteiger partial charge in [0.05, 0.1) is 24.6 Å². The molecule has 1 saturated heterocycles. The van der Waals surface area contributed by atoms with E-state index in [4.69, 9.17) is 25.8 Å². The highest BCUT2D eigenvalue weighted by atomic mass is 35.5. The van der Waals surface area contributed by atoms with E-state index < -0.39 is 73.8 Å². The standard InChI is InChI=1S/C39H52ClN5O9S/c1-22-10-8-9-11-24-19-39(24,35(48)44-55(50,51)38(6)14-15-38)43-33(46)29-18-26(53-30-20-41-32(40)27-13-12-25(52-7)17-28(27)30)21-45(29)34(47)31(23(2)16-22)42-36(49)54-37(3,4)5/h9,11-13,17,20,22-24,26,29,31H,8,10,14-16,18-19,21H2,1-7H3,(H,42,49)(H,43,46)(H,44,48). The number of nitrogens with one attached hydrogen (secondary N) is 3. The van der Waals surface area contributed by atoms with Crippen molar-refractivity contribution < 1.29 is 41.8 Å². The zero-order valence-electron chi connectivity index (χ0n) is 32.4. The fourth-order valence-electron chi connectivity index (χ4n) is 7.59. The molecule has 4 amide bonds. The van der Waals surface area contributed by atoms with Crippen molar-refractivity contribution in [1.29, 1.82) is 0 Å². The van der Waals surface area contributed by atoms with Crippen LogP contribution in [0.25, 0.3) is 10.8 Å². The van der Waals surface area contributed by atoms with Crippen molar-refractivity contribution in [2.75, 3.05) is 13.7 Å². The number of methoxy groups -OCH3 is 1. The van der Waals surface area contributed by atoms with E-state index in [-0.39, 0.29) is 36.4 Å². The number of benzene rings is 1. The van der Waals surface area contributed by atoms with Gasteiger partial charge < -0.3 is 29.7 Å². The Morgan fingerprint density at radius 1 is 1.11 bits per heavy atom. The topological polar surface area (TPSA) is 182 Å². The number of hydrogen-bond donors (Lipinski definition) is 3. The third-order valence-corrected chi connectivity index (χ3v) is 13.7. The number of allylic oxidation sites excluding steroid dienone is 1. The number of nitrogens with zero attached hydrogens (tertiary/aromatic N) is 2. The van der Waals surface area contributed by atoms with Crippen molar-refractivity contribution in [2.45, 2.75) is 121 Å². The van der Waals surface area contributed by atoms with Crippen molar-refractivity contribution in [3.63, 3.8) is 0 Å². The van der Waals surface area contributed by atoms with Crippen LogP contribution >= 0.6 is 11.6 Å². The van der Waals surface area contributed by atoms with Crippen molar-refractivity contribution in [3.05, 3.63) is 41.7 Å². The van der Waals surface area contributed by atoms with E-state index in [1.165, 1.54) is 18.2 Å². The van der Waals surface area contributed by atoms with Crippen LogP contribution in [0.2, 0.25) is 5.15 Å². The van der Waals surface area contributed by atoms with E-state index >= 15 is 0 Å². The number of amides is 4. The molecule has 3 heterocycles. The lowest BCUT2D eigenvalue weighted by molar-refractivity contribution is -0.142. The minimum atomic E-state index is -4.01. The Morgan fingerprint density at radius 2 is 1.84 bits per heavy atom. The smallest absolute Gasteiger partial charge is 0.408 e. The van der Waals surface area contributed by atoms with Crippen LogP contribution in [0.1, 0.15) is 86.5 Å². The summed E-state index contributed by atoms with van der Waals surface area (Å²) in [4.78, 5) is 62.1. The largest absolute Gasteiger partial charge is 0.497 e. The average Bonchev–Trinajstić information content (AvgIpc) is 3.98. The van der Waals surface area contributed by atoms with Crippen molar-refractivity contribution in [2.24, 2.45) is 17.8 Å². The molecule has 1 aromatic carbocycles. The van der Waals surface area contributed by atoms with Gasteiger partial charge in [0, 0.05) is 23.1 Å². The van der Waals surface area contributed by atoms with Gasteiger partial charge in [-0.1, -0.05) is 37.6 Å². The zero-order valence-corrected chi connectivity index (χ0v) is 34.0. The molecule has 55 heavy (non-hydrogen) atoms. The first-order valence-corrected chi connectivity index (χ1v) is 20.8. The fourth-order valence-corrected chi connectivity index (χ4v) is 9.12. The fraction of sp³-hybridized carbons (Fsp3) is 0.615. The van der Waals surface area contributed by atoms with Crippen molar-refractivity contribution in [1.82, 2.24) is 25.2 Å². The third kappa shape index (κ3) is 8.67. The molecule has 0 spiro atoms. The summed E-state index contributed by atoms with van der Waals surface area (Å²) in [5.41, 5.74) is -2.37. The molecule has 6 rings (SSSR count). The van der Waals surface area contributed by atoms with Gasteiger partial charge in [-0.3, -0.25) is 19.1 Å². The minimum absolute atomic E-state index is 0.0180. The monoisotopic (exact) mass is 801 g/mol. The predicted molar refractivity (Wildman–Crippen MR) is 206 cm³/mol. The number of alkyl carbamates (subject to hydrolysis) is 1. The molecule has 7 unspecified atom stereocenters. The Bertz CT molecular complexity index is 2000. The first-order valence-electron chi connectivity index (χ1n) is 18.9. The molecular formula is C39H52ClN5O9S. The van der Waals surface area contributed by atoms with Crippen LogP contribution < -0.4 is 24.8 Å². The average molecular weight is 802 g/mol. The molecule has 7 atom stereocenters. The lowest BCUT2D eigenvalue weighted by atomic mass is 9.88. The molecule has 3 fully saturated rings. The number of hydrogen-bond acceptors (Lipinski definition) is 10. The number of ether oxygens (including phenoxy) is 3. The summed E-state index contributed by atoms with van der Waals surface area (Å²) in [6, 6.07) is 3.05. The van der Waals surface area contributed by atoms with Gasteiger partial charge in [0.15, 0.2) is 0 Å². The van der Waals surface area contributed by atoms with Crippen LogP contribution in [0, 0.1) is 17.8 Å². The molecular weight excluding hydrogens is 750 g/mol. The maximum absolute atomic E-state index is 14.8. The minimum Gasteiger partial charge on any atom is -0.497 e. The van der Waals surface area contributed by atoms with Crippen LogP contribution in [0.15, 0.2) is 36.5 Å². The molecule has 2 aromatic rings. The van der Waals surface area contributed by atoms with Crippen molar-refractivity contribution in [3.8, 4) is 11.5 Å². The summed E-state index contributed by atoms with van der Waals surface area (Å²) in [5, 5.41) is 7.18. The Balaban J connectivity index is 1.36. The van der Waals surface area contributed by atoms with Gasteiger partial charge >= 0.3 is 6.09 Å². The molecule has 0 radical (unpaired) electrons. The van der Waals surface area contributed by atoms with Gasteiger partial charge in [-0.25, -0.2) is 18.2 Å². The van der Waals surface area contributed by atoms with Crippen LogP contribution in [0.5, 0.6) is 11.5 Å². The summed E-state index contributed by atoms with van der Waals surface area (Å²) in [7, 11) is -2.47. The summed E-state index contributed by atoms with van der Waals surface area (Å²) in [6.07, 6.45) is 6.86. The second kappa shape index (κ2) is 15.1. The first kappa shape index (κ1) is 40.6. The van der Waals surface area contributed by atoms with Crippen molar-refractivity contribution >= 4 is 56.2 Å². The molecule has 2 aliphatic carbocycles.